The van der Waals surface area contributed by atoms with Gasteiger partial charge >= 0.3 is 0 Å². The van der Waals surface area contributed by atoms with Crippen LogP contribution in [0.15, 0.2) is 36.4 Å². The molecule has 0 spiro atoms. The zero-order valence-corrected chi connectivity index (χ0v) is 14.5. The molecule has 1 aromatic carbocycles. The Kier molecular flexibility index (Phi) is 5.77. The van der Waals surface area contributed by atoms with Gasteiger partial charge in [0.05, 0.1) is 19.8 Å². The maximum atomic E-state index is 6.12. The van der Waals surface area contributed by atoms with Gasteiger partial charge in [0.2, 0.25) is 0 Å². The highest BCUT2D eigenvalue weighted by molar-refractivity contribution is 5.28. The van der Waals surface area contributed by atoms with Crippen LogP contribution >= 0.6 is 0 Å². The molecule has 126 valence electrons. The van der Waals surface area contributed by atoms with Crippen molar-refractivity contribution < 1.29 is 9.47 Å². The van der Waals surface area contributed by atoms with E-state index in [0.29, 0.717) is 5.92 Å². The van der Waals surface area contributed by atoms with E-state index in [0.717, 1.165) is 30.6 Å². The highest BCUT2D eigenvalue weighted by atomic mass is 16.5. The normalized spacial score (nSPS) is 32.1. The minimum atomic E-state index is 0.251. The van der Waals surface area contributed by atoms with E-state index in [2.05, 4.69) is 31.2 Å². The fraction of sp³-hybridized carbons (Fsp3) is 0.619. The lowest BCUT2D eigenvalue weighted by Crippen LogP contribution is -2.19. The Hall–Kier alpha value is -1.28. The Morgan fingerprint density at radius 3 is 2.17 bits per heavy atom. The van der Waals surface area contributed by atoms with Gasteiger partial charge in [0.15, 0.2) is 0 Å². The van der Waals surface area contributed by atoms with Gasteiger partial charge in [-0.2, -0.15) is 0 Å². The van der Waals surface area contributed by atoms with Crippen LogP contribution in [0.4, 0.5) is 0 Å². The lowest BCUT2D eigenvalue weighted by atomic mass is 9.82. The van der Waals surface area contributed by atoms with E-state index < -0.39 is 0 Å². The van der Waals surface area contributed by atoms with E-state index in [-0.39, 0.29) is 6.10 Å². The van der Waals surface area contributed by atoms with Gasteiger partial charge in [0, 0.05) is 5.92 Å². The second-order valence-corrected chi connectivity index (χ2v) is 7.34. The van der Waals surface area contributed by atoms with Crippen molar-refractivity contribution in [3.8, 4) is 5.75 Å². The molecular weight excluding hydrogens is 284 g/mol. The summed E-state index contributed by atoms with van der Waals surface area (Å²) in [4.78, 5) is 0. The molecule has 2 heteroatoms. The standard InChI is InChI=1S/C21H30O2/c1-16-3-5-17(6-4-16)7-8-18-9-14-21(23-15-18)19-10-12-20(22-2)13-11-19/h7-8,10-13,16-18,21H,3-6,9,14-15H2,1-2H3/b8-7+. The van der Waals surface area contributed by atoms with Crippen molar-refractivity contribution in [2.24, 2.45) is 17.8 Å². The van der Waals surface area contributed by atoms with Crippen LogP contribution < -0.4 is 4.74 Å². The Balaban J connectivity index is 1.46. The van der Waals surface area contributed by atoms with Crippen molar-refractivity contribution in [3.63, 3.8) is 0 Å². The zero-order valence-electron chi connectivity index (χ0n) is 14.5. The molecule has 0 radical (unpaired) electrons. The minimum Gasteiger partial charge on any atom is -0.497 e. The van der Waals surface area contributed by atoms with E-state index >= 15 is 0 Å². The lowest BCUT2D eigenvalue weighted by molar-refractivity contribution is -0.00538. The van der Waals surface area contributed by atoms with Crippen molar-refractivity contribution in [3.05, 3.63) is 42.0 Å². The molecule has 0 aromatic heterocycles. The molecule has 1 saturated heterocycles. The van der Waals surface area contributed by atoms with Crippen LogP contribution in [-0.4, -0.2) is 13.7 Å². The molecule has 2 atom stereocenters. The summed E-state index contributed by atoms with van der Waals surface area (Å²) < 4.78 is 11.3. The first-order chi connectivity index (χ1) is 11.2. The van der Waals surface area contributed by atoms with Gasteiger partial charge in [-0.15, -0.1) is 0 Å². The number of ether oxygens (including phenoxy) is 2. The third kappa shape index (κ3) is 4.60. The van der Waals surface area contributed by atoms with E-state index in [1.54, 1.807) is 7.11 Å². The molecule has 2 nitrogen and oxygen atoms in total. The Bertz CT molecular complexity index is 489. The van der Waals surface area contributed by atoms with Gasteiger partial charge in [-0.25, -0.2) is 0 Å². The molecule has 2 aliphatic rings. The van der Waals surface area contributed by atoms with E-state index in [9.17, 15) is 0 Å². The predicted octanol–water partition coefficient (Wildman–Crippen LogP) is 5.55. The molecule has 2 unspecified atom stereocenters. The number of rotatable bonds is 4. The van der Waals surface area contributed by atoms with Crippen LogP contribution in [0.3, 0.4) is 0 Å². The van der Waals surface area contributed by atoms with Gasteiger partial charge in [-0.3, -0.25) is 0 Å². The molecule has 1 aliphatic heterocycles. The molecule has 1 saturated carbocycles. The summed E-state index contributed by atoms with van der Waals surface area (Å²) in [5, 5.41) is 0. The monoisotopic (exact) mass is 314 g/mol. The Morgan fingerprint density at radius 2 is 1.57 bits per heavy atom. The third-order valence-electron chi connectivity index (χ3n) is 5.51. The topological polar surface area (TPSA) is 18.5 Å². The molecular formula is C21H30O2. The summed E-state index contributed by atoms with van der Waals surface area (Å²) in [7, 11) is 1.70. The number of hydrogen-bond acceptors (Lipinski definition) is 2. The molecule has 0 amide bonds. The SMILES string of the molecule is COc1ccc(C2CCC(/C=C/C3CCC(C)CC3)CO2)cc1. The zero-order chi connectivity index (χ0) is 16.1. The van der Waals surface area contributed by atoms with E-state index in [1.165, 1.54) is 37.7 Å². The summed E-state index contributed by atoms with van der Waals surface area (Å²) in [6.07, 6.45) is 13.1. The van der Waals surface area contributed by atoms with E-state index in [4.69, 9.17) is 9.47 Å². The van der Waals surface area contributed by atoms with Gasteiger partial charge in [0.25, 0.3) is 0 Å². The first-order valence-corrected chi connectivity index (χ1v) is 9.18. The maximum Gasteiger partial charge on any atom is 0.118 e. The highest BCUT2D eigenvalue weighted by Gasteiger charge is 2.22. The predicted molar refractivity (Wildman–Crippen MR) is 94.7 cm³/mol. The number of hydrogen-bond donors (Lipinski definition) is 0. The van der Waals surface area contributed by atoms with Gasteiger partial charge in [-0.1, -0.05) is 44.1 Å². The second kappa shape index (κ2) is 8.01. The molecule has 3 rings (SSSR count). The van der Waals surface area contributed by atoms with Crippen molar-refractivity contribution in [2.75, 3.05) is 13.7 Å². The number of benzene rings is 1. The van der Waals surface area contributed by atoms with Crippen LogP contribution in [0.25, 0.3) is 0 Å². The fourth-order valence-electron chi connectivity index (χ4n) is 3.80. The molecule has 0 bridgehead atoms. The minimum absolute atomic E-state index is 0.251. The smallest absolute Gasteiger partial charge is 0.118 e. The fourth-order valence-corrected chi connectivity index (χ4v) is 3.80. The second-order valence-electron chi connectivity index (χ2n) is 7.34. The van der Waals surface area contributed by atoms with Crippen LogP contribution in [0, 0.1) is 17.8 Å². The maximum absolute atomic E-state index is 6.12. The van der Waals surface area contributed by atoms with Crippen LogP contribution in [0.5, 0.6) is 5.75 Å². The van der Waals surface area contributed by atoms with Crippen LogP contribution in [-0.2, 0) is 4.74 Å². The summed E-state index contributed by atoms with van der Waals surface area (Å²) >= 11 is 0. The summed E-state index contributed by atoms with van der Waals surface area (Å²) in [5.41, 5.74) is 1.27. The quantitative estimate of drug-likeness (QED) is 0.679. The molecule has 23 heavy (non-hydrogen) atoms. The Labute approximate surface area is 140 Å². The van der Waals surface area contributed by atoms with E-state index in [1.807, 2.05) is 12.1 Å². The molecule has 2 fully saturated rings. The largest absolute Gasteiger partial charge is 0.497 e. The number of allylic oxidation sites excluding steroid dienone is 1. The average Bonchev–Trinajstić information content (AvgIpc) is 2.62. The van der Waals surface area contributed by atoms with Crippen LogP contribution in [0.1, 0.15) is 57.1 Å². The Morgan fingerprint density at radius 1 is 0.913 bits per heavy atom. The molecule has 1 aromatic rings. The third-order valence-corrected chi connectivity index (χ3v) is 5.51. The molecule has 0 N–H and O–H groups in total. The van der Waals surface area contributed by atoms with Gasteiger partial charge < -0.3 is 9.47 Å². The van der Waals surface area contributed by atoms with Crippen molar-refractivity contribution in [2.45, 2.75) is 51.6 Å². The van der Waals surface area contributed by atoms with Crippen molar-refractivity contribution in [1.82, 2.24) is 0 Å². The summed E-state index contributed by atoms with van der Waals surface area (Å²) in [6.45, 7) is 3.24. The first kappa shape index (κ1) is 16.6. The van der Waals surface area contributed by atoms with Crippen LogP contribution in [0.2, 0.25) is 0 Å². The van der Waals surface area contributed by atoms with Gasteiger partial charge in [-0.05, 0) is 55.2 Å². The lowest BCUT2D eigenvalue weighted by Gasteiger charge is -2.29. The van der Waals surface area contributed by atoms with Crippen molar-refractivity contribution in [1.29, 1.82) is 0 Å². The summed E-state index contributed by atoms with van der Waals surface area (Å²) in [5.74, 6) is 3.25. The first-order valence-electron chi connectivity index (χ1n) is 9.18. The average molecular weight is 314 g/mol. The van der Waals surface area contributed by atoms with Gasteiger partial charge in [0.1, 0.15) is 5.75 Å². The van der Waals surface area contributed by atoms with Crippen molar-refractivity contribution >= 4 is 0 Å². The highest BCUT2D eigenvalue weighted by Crippen LogP contribution is 2.33. The summed E-state index contributed by atoms with van der Waals surface area (Å²) in [6, 6.07) is 8.30. The molecule has 1 aliphatic carbocycles. The number of methoxy groups -OCH3 is 1. The molecule has 1 heterocycles.